The smallest absolute Gasteiger partial charge is 0.296 e. The van der Waals surface area contributed by atoms with Crippen molar-refractivity contribution in [2.45, 2.75) is 81.7 Å². The molecule has 2 aliphatic rings. The number of hydrogen-bond acceptors (Lipinski definition) is 1. The highest BCUT2D eigenvalue weighted by Crippen LogP contribution is 2.66. The average Bonchev–Trinajstić information content (AvgIpc) is 3.12. The van der Waals surface area contributed by atoms with Crippen LogP contribution in [0.1, 0.15) is 58.3 Å². The van der Waals surface area contributed by atoms with Crippen LogP contribution in [0.15, 0.2) is 12.2 Å². The van der Waals surface area contributed by atoms with Gasteiger partial charge >= 0.3 is 12.1 Å². The fraction of sp³-hybridized carbons (Fsp3) is 0.833. The largest absolute Gasteiger partial charge is 0.456 e. The summed E-state index contributed by atoms with van der Waals surface area (Å²) in [5, 5.41) is 0. The molecule has 8 heteroatoms. The zero-order valence-electron chi connectivity index (χ0n) is 14.5. The number of rotatable bonds is 9. The summed E-state index contributed by atoms with van der Waals surface area (Å²) in [6.07, 6.45) is -1.25. The summed E-state index contributed by atoms with van der Waals surface area (Å²) >= 11 is 0. The van der Waals surface area contributed by atoms with E-state index in [2.05, 4.69) is 0 Å². The van der Waals surface area contributed by atoms with E-state index in [1.165, 1.54) is 0 Å². The maximum Gasteiger partial charge on any atom is 0.456 e. The summed E-state index contributed by atoms with van der Waals surface area (Å²) in [6, 6.07) is 0. The fourth-order valence-electron chi connectivity index (χ4n) is 4.15. The van der Waals surface area contributed by atoms with Crippen molar-refractivity contribution in [1.82, 2.24) is 0 Å². The molecule has 1 saturated carbocycles. The number of carbonyl (C=O) groups excluding carboxylic acids is 1. The van der Waals surface area contributed by atoms with Gasteiger partial charge < -0.3 is 0 Å². The Morgan fingerprint density at radius 1 is 0.962 bits per heavy atom. The van der Waals surface area contributed by atoms with Crippen molar-refractivity contribution in [2.24, 2.45) is 11.8 Å². The number of allylic oxidation sites excluding steroid dienone is 2. The SMILES string of the molecule is CCCCCCCCC(=O)[C@]1(F)[C@H]2C=C[C@H](C2)[C@@]1(F)C(F)(F)C(F)(F)F. The third-order valence-electron chi connectivity index (χ3n) is 5.61. The highest BCUT2D eigenvalue weighted by atomic mass is 19.4. The Morgan fingerprint density at radius 3 is 2.08 bits per heavy atom. The first-order chi connectivity index (χ1) is 11.9. The molecule has 0 aromatic rings. The van der Waals surface area contributed by atoms with Crippen LogP contribution in [0.25, 0.3) is 0 Å². The lowest BCUT2D eigenvalue weighted by atomic mass is 9.70. The van der Waals surface area contributed by atoms with Crippen LogP contribution >= 0.6 is 0 Å². The molecule has 0 radical (unpaired) electrons. The van der Waals surface area contributed by atoms with Gasteiger partial charge in [-0.15, -0.1) is 0 Å². The Hall–Kier alpha value is -1.08. The Bertz CT molecular complexity index is 556. The second-order valence-electron chi connectivity index (χ2n) is 7.27. The monoisotopic (exact) mass is 388 g/mol. The molecule has 0 aliphatic heterocycles. The Kier molecular flexibility index (Phi) is 5.84. The van der Waals surface area contributed by atoms with Crippen molar-refractivity contribution >= 4 is 5.78 Å². The zero-order chi connectivity index (χ0) is 19.8. The first-order valence-corrected chi connectivity index (χ1v) is 8.98. The minimum absolute atomic E-state index is 0.142. The number of unbranched alkanes of at least 4 members (excludes halogenated alkanes) is 5. The van der Waals surface area contributed by atoms with Crippen LogP contribution in [-0.4, -0.2) is 29.2 Å². The molecule has 0 N–H and O–H groups in total. The van der Waals surface area contributed by atoms with Gasteiger partial charge in [-0.3, -0.25) is 4.79 Å². The molecule has 2 rings (SSSR count). The molecule has 0 heterocycles. The summed E-state index contributed by atoms with van der Waals surface area (Å²) in [5.74, 6) is -11.0. The lowest BCUT2D eigenvalue weighted by Gasteiger charge is -2.43. The molecule has 1 fully saturated rings. The van der Waals surface area contributed by atoms with Gasteiger partial charge in [-0.25, -0.2) is 8.78 Å². The van der Waals surface area contributed by atoms with Crippen molar-refractivity contribution in [3.63, 3.8) is 0 Å². The van der Waals surface area contributed by atoms with Crippen molar-refractivity contribution in [3.05, 3.63) is 12.2 Å². The average molecular weight is 388 g/mol. The van der Waals surface area contributed by atoms with Gasteiger partial charge in [-0.2, -0.15) is 22.0 Å². The molecule has 150 valence electrons. The van der Waals surface area contributed by atoms with Gasteiger partial charge in [0, 0.05) is 18.3 Å². The third kappa shape index (κ3) is 2.97. The number of Topliss-reactive ketones (excluding diaryl/α,β-unsaturated/α-hetero) is 1. The second kappa shape index (κ2) is 7.15. The van der Waals surface area contributed by atoms with Gasteiger partial charge in [0.1, 0.15) is 0 Å². The van der Waals surface area contributed by atoms with E-state index in [4.69, 9.17) is 0 Å². The predicted octanol–water partition coefficient (Wildman–Crippen LogP) is 6.13. The zero-order valence-corrected chi connectivity index (χ0v) is 14.5. The molecule has 2 aliphatic carbocycles. The predicted molar refractivity (Wildman–Crippen MR) is 82.4 cm³/mol. The maximum absolute atomic E-state index is 15.4. The van der Waals surface area contributed by atoms with Crippen LogP contribution in [0.4, 0.5) is 30.7 Å². The lowest BCUT2D eigenvalue weighted by molar-refractivity contribution is -0.346. The number of carbonyl (C=O) groups is 1. The van der Waals surface area contributed by atoms with Crippen LogP contribution in [0.2, 0.25) is 0 Å². The Balaban J connectivity index is 2.19. The molecule has 0 aromatic carbocycles. The highest BCUT2D eigenvalue weighted by molar-refractivity contribution is 5.91. The van der Waals surface area contributed by atoms with Crippen molar-refractivity contribution in [3.8, 4) is 0 Å². The fourth-order valence-corrected chi connectivity index (χ4v) is 4.15. The van der Waals surface area contributed by atoms with E-state index >= 15 is 8.78 Å². The molecule has 4 atom stereocenters. The summed E-state index contributed by atoms with van der Waals surface area (Å²) in [6.45, 7) is 2.00. The maximum atomic E-state index is 15.4. The Labute approximate surface area is 148 Å². The molecule has 0 spiro atoms. The number of halogens is 7. The molecule has 0 amide bonds. The van der Waals surface area contributed by atoms with E-state index in [0.717, 1.165) is 37.8 Å². The minimum atomic E-state index is -6.28. The molecule has 0 aromatic heterocycles. The summed E-state index contributed by atoms with van der Waals surface area (Å²) < 4.78 is 96.7. The second-order valence-corrected chi connectivity index (χ2v) is 7.27. The van der Waals surface area contributed by atoms with Crippen LogP contribution < -0.4 is 0 Å². The minimum Gasteiger partial charge on any atom is -0.296 e. The summed E-state index contributed by atoms with van der Waals surface area (Å²) in [7, 11) is 0. The number of hydrogen-bond donors (Lipinski definition) is 0. The first-order valence-electron chi connectivity index (χ1n) is 8.98. The van der Waals surface area contributed by atoms with E-state index in [0.29, 0.717) is 6.42 Å². The van der Waals surface area contributed by atoms with E-state index in [-0.39, 0.29) is 6.42 Å². The topological polar surface area (TPSA) is 17.1 Å². The molecule has 26 heavy (non-hydrogen) atoms. The molecular weight excluding hydrogens is 365 g/mol. The van der Waals surface area contributed by atoms with Gasteiger partial charge in [0.05, 0.1) is 0 Å². The van der Waals surface area contributed by atoms with Gasteiger partial charge in [-0.05, 0) is 12.8 Å². The van der Waals surface area contributed by atoms with Gasteiger partial charge in [-0.1, -0.05) is 51.2 Å². The molecule has 0 saturated heterocycles. The lowest BCUT2D eigenvalue weighted by Crippen LogP contribution is -2.69. The molecule has 0 unspecified atom stereocenters. The third-order valence-corrected chi connectivity index (χ3v) is 5.61. The molecule has 1 nitrogen and oxygen atoms in total. The normalized spacial score (nSPS) is 33.8. The number of fused-ring (bicyclic) bond motifs is 2. The number of alkyl halides is 7. The number of ketones is 1. The van der Waals surface area contributed by atoms with Gasteiger partial charge in [0.25, 0.3) is 0 Å². The van der Waals surface area contributed by atoms with Crippen LogP contribution in [0, 0.1) is 11.8 Å². The quantitative estimate of drug-likeness (QED) is 0.264. The van der Waals surface area contributed by atoms with Crippen molar-refractivity contribution < 1.29 is 35.5 Å². The van der Waals surface area contributed by atoms with E-state index < -0.39 is 53.9 Å². The molecular formula is C18H23F7O. The van der Waals surface area contributed by atoms with E-state index in [1.807, 2.05) is 6.92 Å². The first kappa shape index (κ1) is 21.2. The highest BCUT2D eigenvalue weighted by Gasteiger charge is 2.86. The van der Waals surface area contributed by atoms with E-state index in [9.17, 15) is 26.7 Å². The summed E-state index contributed by atoms with van der Waals surface area (Å²) in [4.78, 5) is 12.3. The van der Waals surface area contributed by atoms with Crippen LogP contribution in [0.3, 0.4) is 0 Å². The Morgan fingerprint density at radius 2 is 1.50 bits per heavy atom. The molecule has 2 bridgehead atoms. The van der Waals surface area contributed by atoms with Gasteiger partial charge in [0.15, 0.2) is 5.78 Å². The summed E-state index contributed by atoms with van der Waals surface area (Å²) in [5.41, 5.74) is -8.45. The van der Waals surface area contributed by atoms with Gasteiger partial charge in [0.2, 0.25) is 11.3 Å². The van der Waals surface area contributed by atoms with Crippen molar-refractivity contribution in [1.29, 1.82) is 0 Å². The van der Waals surface area contributed by atoms with Crippen LogP contribution in [-0.2, 0) is 4.79 Å². The van der Waals surface area contributed by atoms with Crippen molar-refractivity contribution in [2.75, 3.05) is 0 Å². The van der Waals surface area contributed by atoms with E-state index in [1.54, 1.807) is 0 Å². The standard InChI is InChI=1S/C18H23F7O/c1-2-3-4-5-6-7-8-14(26)15(19)12-9-10-13(11-12)16(15,20)17(21,22)18(23,24)25/h9-10,12-13H,2-8,11H2,1H3/t12-,13+,15+,16-/m0/s1. The van der Waals surface area contributed by atoms with Crippen LogP contribution in [0.5, 0.6) is 0 Å².